The van der Waals surface area contributed by atoms with E-state index in [1.807, 2.05) is 79.8 Å². The molecule has 0 radical (unpaired) electrons. The number of aromatic nitrogens is 2. The summed E-state index contributed by atoms with van der Waals surface area (Å²) in [5.74, 6) is 0. The topological polar surface area (TPSA) is 78.1 Å². The number of aromatic amines is 1. The SMILES string of the molecule is CN(C)C(CNS(=O)(=O)c1ccc(-c2ccnc3[nH]ccc23)cc1)c1ccccc1. The summed E-state index contributed by atoms with van der Waals surface area (Å²) in [7, 11) is 0.261. The fraction of sp³-hybridized carbons (Fsp3) is 0.174. The molecule has 2 N–H and O–H groups in total. The Morgan fingerprint density at radius 3 is 2.43 bits per heavy atom. The zero-order valence-electron chi connectivity index (χ0n) is 16.9. The Bertz CT molecular complexity index is 1230. The molecule has 154 valence electrons. The maximum atomic E-state index is 12.9. The third-order valence-corrected chi connectivity index (χ3v) is 6.65. The molecule has 0 aliphatic heterocycles. The quantitative estimate of drug-likeness (QED) is 0.477. The lowest BCUT2D eigenvalue weighted by Crippen LogP contribution is -2.34. The van der Waals surface area contributed by atoms with E-state index in [9.17, 15) is 8.42 Å². The first-order valence-electron chi connectivity index (χ1n) is 9.69. The molecular weight excluding hydrogens is 396 g/mol. The van der Waals surface area contributed by atoms with Crippen LogP contribution in [0.15, 0.2) is 84.0 Å². The molecule has 2 aromatic carbocycles. The molecule has 30 heavy (non-hydrogen) atoms. The third-order valence-electron chi connectivity index (χ3n) is 5.21. The average molecular weight is 421 g/mol. The first-order chi connectivity index (χ1) is 14.5. The van der Waals surface area contributed by atoms with Crippen LogP contribution < -0.4 is 4.72 Å². The second-order valence-electron chi connectivity index (χ2n) is 7.36. The van der Waals surface area contributed by atoms with Gasteiger partial charge in [0.05, 0.1) is 4.90 Å². The Morgan fingerprint density at radius 2 is 1.73 bits per heavy atom. The van der Waals surface area contributed by atoms with E-state index in [2.05, 4.69) is 14.7 Å². The Morgan fingerprint density at radius 1 is 1.00 bits per heavy atom. The highest BCUT2D eigenvalue weighted by Gasteiger charge is 2.20. The number of pyridine rings is 1. The van der Waals surface area contributed by atoms with Gasteiger partial charge in [0.1, 0.15) is 5.65 Å². The lowest BCUT2D eigenvalue weighted by Gasteiger charge is -2.25. The highest BCUT2D eigenvalue weighted by molar-refractivity contribution is 7.89. The molecular formula is C23H24N4O2S. The van der Waals surface area contributed by atoms with Crippen LogP contribution in [-0.2, 0) is 10.0 Å². The number of hydrogen-bond acceptors (Lipinski definition) is 4. The summed E-state index contributed by atoms with van der Waals surface area (Å²) in [5.41, 5.74) is 3.82. The molecule has 2 heterocycles. The maximum Gasteiger partial charge on any atom is 0.240 e. The van der Waals surface area contributed by atoms with Crippen molar-refractivity contribution in [3.05, 3.63) is 84.7 Å². The normalized spacial score (nSPS) is 13.0. The summed E-state index contributed by atoms with van der Waals surface area (Å²) in [6.45, 7) is 0.287. The molecule has 0 aliphatic carbocycles. The van der Waals surface area contributed by atoms with Crippen LogP contribution in [0.25, 0.3) is 22.2 Å². The number of nitrogens with zero attached hydrogens (tertiary/aromatic N) is 2. The van der Waals surface area contributed by atoms with E-state index in [1.165, 1.54) is 0 Å². The molecule has 0 spiro atoms. The van der Waals surface area contributed by atoms with Crippen LogP contribution in [-0.4, -0.2) is 43.9 Å². The molecule has 1 atom stereocenters. The van der Waals surface area contributed by atoms with Gasteiger partial charge in [-0.3, -0.25) is 0 Å². The van der Waals surface area contributed by atoms with Gasteiger partial charge in [0, 0.05) is 30.4 Å². The van der Waals surface area contributed by atoms with Gasteiger partial charge in [-0.1, -0.05) is 42.5 Å². The molecule has 0 amide bonds. The van der Waals surface area contributed by atoms with Gasteiger partial charge in [0.15, 0.2) is 0 Å². The summed E-state index contributed by atoms with van der Waals surface area (Å²) in [6.07, 6.45) is 3.59. The maximum absolute atomic E-state index is 12.9. The lowest BCUT2D eigenvalue weighted by atomic mass is 10.0. The largest absolute Gasteiger partial charge is 0.346 e. The number of sulfonamides is 1. The zero-order valence-corrected chi connectivity index (χ0v) is 17.7. The summed E-state index contributed by atoms with van der Waals surface area (Å²) in [4.78, 5) is 9.65. The summed E-state index contributed by atoms with van der Waals surface area (Å²) in [6, 6.07) is 20.7. The minimum Gasteiger partial charge on any atom is -0.346 e. The molecule has 0 fully saturated rings. The van der Waals surface area contributed by atoms with Gasteiger partial charge in [-0.15, -0.1) is 0 Å². The lowest BCUT2D eigenvalue weighted by molar-refractivity contribution is 0.299. The zero-order chi connectivity index (χ0) is 21.1. The van der Waals surface area contributed by atoms with E-state index in [-0.39, 0.29) is 17.5 Å². The number of fused-ring (bicyclic) bond motifs is 1. The van der Waals surface area contributed by atoms with E-state index in [4.69, 9.17) is 0 Å². The fourth-order valence-corrected chi connectivity index (χ4v) is 4.61. The molecule has 1 unspecified atom stereocenters. The van der Waals surface area contributed by atoms with E-state index < -0.39 is 10.0 Å². The van der Waals surface area contributed by atoms with Crippen LogP contribution in [0, 0.1) is 0 Å². The van der Waals surface area contributed by atoms with Crippen molar-refractivity contribution in [1.29, 1.82) is 0 Å². The summed E-state index contributed by atoms with van der Waals surface area (Å²) >= 11 is 0. The van der Waals surface area contributed by atoms with Crippen LogP contribution in [0.1, 0.15) is 11.6 Å². The van der Waals surface area contributed by atoms with Gasteiger partial charge in [-0.25, -0.2) is 18.1 Å². The number of H-pyrrole nitrogens is 1. The second kappa shape index (κ2) is 8.39. The standard InChI is InChI=1S/C23H24N4O2S/c1-27(2)22(18-6-4-3-5-7-18)16-26-30(28,29)19-10-8-17(9-11-19)20-12-14-24-23-21(20)13-15-25-23/h3-15,22,26H,16H2,1-2H3,(H,24,25). The number of rotatable bonds is 7. The Labute approximate surface area is 176 Å². The van der Waals surface area contributed by atoms with Crippen molar-refractivity contribution < 1.29 is 8.42 Å². The van der Waals surface area contributed by atoms with E-state index in [1.54, 1.807) is 18.3 Å². The third kappa shape index (κ3) is 4.14. The Kier molecular flexibility index (Phi) is 5.67. The molecule has 7 heteroatoms. The van der Waals surface area contributed by atoms with Gasteiger partial charge in [-0.2, -0.15) is 0 Å². The predicted molar refractivity (Wildman–Crippen MR) is 120 cm³/mol. The van der Waals surface area contributed by atoms with Crippen molar-refractivity contribution in [2.45, 2.75) is 10.9 Å². The van der Waals surface area contributed by atoms with Crippen molar-refractivity contribution in [3.8, 4) is 11.1 Å². The van der Waals surface area contributed by atoms with Crippen LogP contribution in [0.4, 0.5) is 0 Å². The summed E-state index contributed by atoms with van der Waals surface area (Å²) in [5, 5.41) is 1.00. The molecule has 4 rings (SSSR count). The van der Waals surface area contributed by atoms with Crippen molar-refractivity contribution >= 4 is 21.1 Å². The number of nitrogens with one attached hydrogen (secondary N) is 2. The van der Waals surface area contributed by atoms with Crippen molar-refractivity contribution in [2.75, 3.05) is 20.6 Å². The van der Waals surface area contributed by atoms with Gasteiger partial charge in [-0.05, 0) is 55.1 Å². The van der Waals surface area contributed by atoms with Gasteiger partial charge < -0.3 is 9.88 Å². The van der Waals surface area contributed by atoms with E-state index >= 15 is 0 Å². The predicted octanol–water partition coefficient (Wildman–Crippen LogP) is 3.81. The molecule has 0 aliphatic rings. The number of likely N-dealkylation sites (N-methyl/N-ethyl adjacent to an activating group) is 1. The van der Waals surface area contributed by atoms with Gasteiger partial charge >= 0.3 is 0 Å². The molecule has 0 bridgehead atoms. The van der Waals surface area contributed by atoms with Crippen molar-refractivity contribution in [1.82, 2.24) is 19.6 Å². The number of hydrogen-bond donors (Lipinski definition) is 2. The van der Waals surface area contributed by atoms with E-state index in [0.717, 1.165) is 27.7 Å². The Hall–Kier alpha value is -3.00. The smallest absolute Gasteiger partial charge is 0.240 e. The van der Waals surface area contributed by atoms with Crippen LogP contribution in [0.5, 0.6) is 0 Å². The second-order valence-corrected chi connectivity index (χ2v) is 9.13. The van der Waals surface area contributed by atoms with Crippen LogP contribution in [0.3, 0.4) is 0 Å². The first-order valence-corrected chi connectivity index (χ1v) is 11.2. The monoisotopic (exact) mass is 420 g/mol. The number of benzene rings is 2. The highest BCUT2D eigenvalue weighted by Crippen LogP contribution is 2.28. The Balaban J connectivity index is 1.54. The molecule has 0 saturated carbocycles. The minimum absolute atomic E-state index is 0.0565. The van der Waals surface area contributed by atoms with Gasteiger partial charge in [0.25, 0.3) is 0 Å². The molecule has 0 saturated heterocycles. The summed E-state index contributed by atoms with van der Waals surface area (Å²) < 4.78 is 28.5. The van der Waals surface area contributed by atoms with Crippen molar-refractivity contribution in [3.63, 3.8) is 0 Å². The fourth-order valence-electron chi connectivity index (χ4n) is 3.57. The molecule has 4 aromatic rings. The minimum atomic E-state index is -3.62. The van der Waals surface area contributed by atoms with Crippen LogP contribution in [0.2, 0.25) is 0 Å². The highest BCUT2D eigenvalue weighted by atomic mass is 32.2. The first kappa shape index (κ1) is 20.3. The van der Waals surface area contributed by atoms with Crippen LogP contribution >= 0.6 is 0 Å². The average Bonchev–Trinajstić information content (AvgIpc) is 3.23. The van der Waals surface area contributed by atoms with Crippen molar-refractivity contribution in [2.24, 2.45) is 0 Å². The molecule has 2 aromatic heterocycles. The van der Waals surface area contributed by atoms with Gasteiger partial charge in [0.2, 0.25) is 10.0 Å². The molecule has 6 nitrogen and oxygen atoms in total. The van der Waals surface area contributed by atoms with E-state index in [0.29, 0.717) is 0 Å².